The van der Waals surface area contributed by atoms with Crippen LogP contribution in [0.15, 0.2) is 66.7 Å². The third-order valence-electron chi connectivity index (χ3n) is 5.75. The molecule has 33 heavy (non-hydrogen) atoms. The van der Waals surface area contributed by atoms with Crippen LogP contribution in [0.1, 0.15) is 21.5 Å². The molecule has 172 valence electrons. The van der Waals surface area contributed by atoms with Crippen molar-refractivity contribution in [2.75, 3.05) is 33.3 Å². The number of benzene rings is 3. The molecule has 0 unspecified atom stereocenters. The molecule has 1 aliphatic rings. The van der Waals surface area contributed by atoms with Crippen molar-refractivity contribution in [3.05, 3.63) is 93.5 Å². The number of piperazine rings is 1. The SMILES string of the molecule is COc1ccc(C(=O)N2CCN(Cc3ccccc3Cl)CC2)cc1COc1ccc(Cl)cc1. The lowest BCUT2D eigenvalue weighted by Gasteiger charge is -2.35. The molecule has 0 bridgehead atoms. The number of carbonyl (C=O) groups is 1. The predicted octanol–water partition coefficient (Wildman–Crippen LogP) is 5.54. The molecule has 0 aliphatic carbocycles. The standard InChI is InChI=1S/C26H26Cl2N2O3/c1-32-25-11-6-19(16-21(25)18-33-23-9-7-22(27)8-10-23)26(31)30-14-12-29(13-15-30)17-20-4-2-3-5-24(20)28/h2-11,16H,12-15,17-18H2,1H3. The van der Waals surface area contributed by atoms with Crippen LogP contribution >= 0.6 is 23.2 Å². The molecule has 0 N–H and O–H groups in total. The fourth-order valence-corrected chi connectivity index (χ4v) is 4.20. The van der Waals surface area contributed by atoms with Crippen molar-refractivity contribution < 1.29 is 14.3 Å². The van der Waals surface area contributed by atoms with Crippen molar-refractivity contribution in [3.8, 4) is 11.5 Å². The Labute approximate surface area is 204 Å². The van der Waals surface area contributed by atoms with E-state index in [-0.39, 0.29) is 12.5 Å². The van der Waals surface area contributed by atoms with Gasteiger partial charge in [0.2, 0.25) is 0 Å². The van der Waals surface area contributed by atoms with Crippen molar-refractivity contribution in [2.45, 2.75) is 13.2 Å². The van der Waals surface area contributed by atoms with Crippen LogP contribution in [-0.4, -0.2) is 49.0 Å². The van der Waals surface area contributed by atoms with Crippen molar-refractivity contribution in [2.24, 2.45) is 0 Å². The summed E-state index contributed by atoms with van der Waals surface area (Å²) in [6, 6.07) is 20.6. The highest BCUT2D eigenvalue weighted by molar-refractivity contribution is 6.31. The van der Waals surface area contributed by atoms with Gasteiger partial charge in [0.05, 0.1) is 7.11 Å². The molecule has 3 aromatic carbocycles. The van der Waals surface area contributed by atoms with E-state index < -0.39 is 0 Å². The summed E-state index contributed by atoms with van der Waals surface area (Å²) in [5, 5.41) is 1.43. The zero-order chi connectivity index (χ0) is 23.2. The van der Waals surface area contributed by atoms with E-state index in [1.165, 1.54) is 0 Å². The van der Waals surface area contributed by atoms with Gasteiger partial charge in [-0.15, -0.1) is 0 Å². The maximum absolute atomic E-state index is 13.2. The van der Waals surface area contributed by atoms with Gasteiger partial charge in [-0.1, -0.05) is 41.4 Å². The van der Waals surface area contributed by atoms with Crippen molar-refractivity contribution >= 4 is 29.1 Å². The molecule has 1 aliphatic heterocycles. The number of nitrogens with zero attached hydrogens (tertiary/aromatic N) is 2. The number of methoxy groups -OCH3 is 1. The van der Waals surface area contributed by atoms with Gasteiger partial charge in [0.25, 0.3) is 5.91 Å². The Hall–Kier alpha value is -2.73. The Morgan fingerprint density at radius 1 is 0.909 bits per heavy atom. The summed E-state index contributed by atoms with van der Waals surface area (Å²) in [6.07, 6.45) is 0. The van der Waals surface area contributed by atoms with E-state index in [0.29, 0.717) is 35.2 Å². The molecule has 0 radical (unpaired) electrons. The third-order valence-corrected chi connectivity index (χ3v) is 6.37. The molecule has 1 saturated heterocycles. The molecule has 4 rings (SSSR count). The zero-order valence-corrected chi connectivity index (χ0v) is 20.0. The molecule has 3 aromatic rings. The molecule has 0 saturated carbocycles. The Bertz CT molecular complexity index is 1100. The van der Waals surface area contributed by atoms with Gasteiger partial charge in [-0.3, -0.25) is 9.69 Å². The Morgan fingerprint density at radius 2 is 1.64 bits per heavy atom. The molecule has 1 heterocycles. The summed E-state index contributed by atoms with van der Waals surface area (Å²) in [5.41, 5.74) is 2.56. The first-order valence-electron chi connectivity index (χ1n) is 10.8. The lowest BCUT2D eigenvalue weighted by molar-refractivity contribution is 0.0628. The van der Waals surface area contributed by atoms with Crippen LogP contribution in [0.5, 0.6) is 11.5 Å². The average Bonchev–Trinajstić information content (AvgIpc) is 2.85. The van der Waals surface area contributed by atoms with Crippen molar-refractivity contribution in [1.82, 2.24) is 9.80 Å². The van der Waals surface area contributed by atoms with Gasteiger partial charge in [0.15, 0.2) is 0 Å². The second-order valence-corrected chi connectivity index (χ2v) is 8.77. The molecule has 0 spiro atoms. The lowest BCUT2D eigenvalue weighted by Crippen LogP contribution is -2.48. The smallest absolute Gasteiger partial charge is 0.253 e. The van der Waals surface area contributed by atoms with Crippen LogP contribution in [0.2, 0.25) is 10.0 Å². The Kier molecular flexibility index (Phi) is 7.76. The second-order valence-electron chi connectivity index (χ2n) is 7.93. The fraction of sp³-hybridized carbons (Fsp3) is 0.269. The van der Waals surface area contributed by atoms with E-state index in [0.717, 1.165) is 35.8 Å². The zero-order valence-electron chi connectivity index (χ0n) is 18.5. The van der Waals surface area contributed by atoms with Crippen molar-refractivity contribution in [3.63, 3.8) is 0 Å². The number of ether oxygens (including phenoxy) is 2. The number of halogens is 2. The van der Waals surface area contributed by atoms with E-state index in [9.17, 15) is 4.79 Å². The van der Waals surface area contributed by atoms with Crippen LogP contribution in [0.4, 0.5) is 0 Å². The highest BCUT2D eigenvalue weighted by Crippen LogP contribution is 2.24. The predicted molar refractivity (Wildman–Crippen MR) is 131 cm³/mol. The summed E-state index contributed by atoms with van der Waals surface area (Å²) in [4.78, 5) is 17.4. The quantitative estimate of drug-likeness (QED) is 0.441. The van der Waals surface area contributed by atoms with E-state index in [2.05, 4.69) is 4.90 Å². The summed E-state index contributed by atoms with van der Waals surface area (Å²) in [5.74, 6) is 1.40. The van der Waals surface area contributed by atoms with Gasteiger partial charge in [-0.2, -0.15) is 0 Å². The molecule has 0 aromatic heterocycles. The highest BCUT2D eigenvalue weighted by Gasteiger charge is 2.23. The number of hydrogen-bond acceptors (Lipinski definition) is 4. The van der Waals surface area contributed by atoms with Crippen LogP contribution in [0.3, 0.4) is 0 Å². The largest absolute Gasteiger partial charge is 0.496 e. The molecule has 7 heteroatoms. The summed E-state index contributed by atoms with van der Waals surface area (Å²) < 4.78 is 11.3. The number of hydrogen-bond donors (Lipinski definition) is 0. The first kappa shape index (κ1) is 23.4. The van der Waals surface area contributed by atoms with Gasteiger partial charge in [-0.05, 0) is 54.1 Å². The minimum atomic E-state index is 0.0165. The second kappa shape index (κ2) is 10.9. The van der Waals surface area contributed by atoms with E-state index >= 15 is 0 Å². The van der Waals surface area contributed by atoms with Crippen LogP contribution in [0, 0.1) is 0 Å². The van der Waals surface area contributed by atoms with Gasteiger partial charge < -0.3 is 14.4 Å². The van der Waals surface area contributed by atoms with Gasteiger partial charge in [0.1, 0.15) is 18.1 Å². The van der Waals surface area contributed by atoms with Crippen molar-refractivity contribution in [1.29, 1.82) is 0 Å². The van der Waals surface area contributed by atoms with Crippen LogP contribution in [-0.2, 0) is 13.2 Å². The summed E-state index contributed by atoms with van der Waals surface area (Å²) in [6.45, 7) is 4.03. The first-order valence-corrected chi connectivity index (χ1v) is 11.6. The topological polar surface area (TPSA) is 42.0 Å². The maximum atomic E-state index is 13.2. The number of amides is 1. The van der Waals surface area contributed by atoms with E-state index in [1.807, 2.05) is 59.5 Å². The minimum absolute atomic E-state index is 0.0165. The maximum Gasteiger partial charge on any atom is 0.253 e. The monoisotopic (exact) mass is 484 g/mol. The molecule has 1 amide bonds. The molecule has 1 fully saturated rings. The fourth-order valence-electron chi connectivity index (χ4n) is 3.88. The number of carbonyl (C=O) groups excluding carboxylic acids is 1. The molecular weight excluding hydrogens is 459 g/mol. The van der Waals surface area contributed by atoms with Gasteiger partial charge in [0, 0.05) is 53.9 Å². The third kappa shape index (κ3) is 5.99. The highest BCUT2D eigenvalue weighted by atomic mass is 35.5. The summed E-state index contributed by atoms with van der Waals surface area (Å²) >= 11 is 12.2. The van der Waals surface area contributed by atoms with E-state index in [4.69, 9.17) is 32.7 Å². The lowest BCUT2D eigenvalue weighted by atomic mass is 10.1. The first-order chi connectivity index (χ1) is 16.0. The average molecular weight is 485 g/mol. The molecule has 5 nitrogen and oxygen atoms in total. The van der Waals surface area contributed by atoms with Crippen LogP contribution in [0.25, 0.3) is 0 Å². The van der Waals surface area contributed by atoms with Crippen LogP contribution < -0.4 is 9.47 Å². The number of rotatable bonds is 7. The summed E-state index contributed by atoms with van der Waals surface area (Å²) in [7, 11) is 1.61. The molecule has 0 atom stereocenters. The van der Waals surface area contributed by atoms with Gasteiger partial charge >= 0.3 is 0 Å². The van der Waals surface area contributed by atoms with Gasteiger partial charge in [-0.25, -0.2) is 0 Å². The van der Waals surface area contributed by atoms with E-state index in [1.54, 1.807) is 19.2 Å². The Balaban J connectivity index is 1.38. The normalized spacial score (nSPS) is 14.2. The molecular formula is C26H26Cl2N2O3. The minimum Gasteiger partial charge on any atom is -0.496 e. The Morgan fingerprint density at radius 3 is 2.33 bits per heavy atom.